The summed E-state index contributed by atoms with van der Waals surface area (Å²) in [5.41, 5.74) is 1.18. The molecule has 94 valence electrons. The summed E-state index contributed by atoms with van der Waals surface area (Å²) in [5, 5.41) is 0. The van der Waals surface area contributed by atoms with Gasteiger partial charge in [0.05, 0.1) is 0 Å². The number of hydrogen-bond donors (Lipinski definition) is 0. The number of aryl methyl sites for hydroxylation is 1. The largest absolute Gasteiger partial charge is 0.355 e. The fraction of sp³-hybridized carbons (Fsp3) is 0.400. The minimum absolute atomic E-state index is 1.05. The second-order valence-electron chi connectivity index (χ2n) is 4.95. The van der Waals surface area contributed by atoms with Gasteiger partial charge in [-0.3, -0.25) is 0 Å². The molecule has 1 saturated heterocycles. The molecule has 0 saturated carbocycles. The van der Waals surface area contributed by atoms with Crippen molar-refractivity contribution < 1.29 is 0 Å². The van der Waals surface area contributed by atoms with Gasteiger partial charge in [0.25, 0.3) is 0 Å². The number of anilines is 1. The molecule has 2 aromatic rings. The number of aromatic nitrogens is 2. The predicted octanol–water partition coefficient (Wildman–Crippen LogP) is 3.08. The second kappa shape index (κ2) is 4.84. The van der Waals surface area contributed by atoms with Crippen molar-refractivity contribution in [1.29, 1.82) is 0 Å². The first-order valence-corrected chi connectivity index (χ1v) is 6.68. The van der Waals surface area contributed by atoms with E-state index in [-0.39, 0.29) is 0 Å². The average molecular weight is 241 g/mol. The molecule has 0 aliphatic carbocycles. The van der Waals surface area contributed by atoms with E-state index in [0.717, 1.165) is 24.7 Å². The summed E-state index contributed by atoms with van der Waals surface area (Å²) in [6.07, 6.45) is 6.08. The van der Waals surface area contributed by atoms with Gasteiger partial charge in [-0.1, -0.05) is 30.3 Å². The van der Waals surface area contributed by atoms with E-state index >= 15 is 0 Å². The number of nitrogens with zero attached hydrogens (tertiary/aromatic N) is 3. The van der Waals surface area contributed by atoms with Crippen LogP contribution in [0.5, 0.6) is 0 Å². The minimum atomic E-state index is 1.05. The van der Waals surface area contributed by atoms with E-state index < -0.39 is 0 Å². The number of piperidine rings is 1. The van der Waals surface area contributed by atoms with Crippen LogP contribution in [0.3, 0.4) is 0 Å². The van der Waals surface area contributed by atoms with E-state index in [4.69, 9.17) is 4.98 Å². The maximum absolute atomic E-state index is 4.79. The monoisotopic (exact) mass is 241 g/mol. The molecule has 1 fully saturated rings. The summed E-state index contributed by atoms with van der Waals surface area (Å²) >= 11 is 0. The predicted molar refractivity (Wildman–Crippen MR) is 74.7 cm³/mol. The molecule has 3 rings (SSSR count). The van der Waals surface area contributed by atoms with Crippen LogP contribution < -0.4 is 4.90 Å². The molecule has 1 aliphatic heterocycles. The Labute approximate surface area is 108 Å². The number of rotatable bonds is 2. The second-order valence-corrected chi connectivity index (χ2v) is 4.95. The highest BCUT2D eigenvalue weighted by Crippen LogP contribution is 2.24. The van der Waals surface area contributed by atoms with Crippen LogP contribution in [0.25, 0.3) is 11.4 Å². The Bertz CT molecular complexity index is 510. The van der Waals surface area contributed by atoms with E-state index in [1.165, 1.54) is 24.8 Å². The Morgan fingerprint density at radius 1 is 1.00 bits per heavy atom. The molecule has 0 spiro atoms. The highest BCUT2D eigenvalue weighted by Gasteiger charge is 2.15. The van der Waals surface area contributed by atoms with Gasteiger partial charge in [0, 0.05) is 31.9 Å². The quantitative estimate of drug-likeness (QED) is 0.805. The van der Waals surface area contributed by atoms with E-state index in [1.807, 2.05) is 6.07 Å². The molecule has 1 aromatic heterocycles. The van der Waals surface area contributed by atoms with Crippen molar-refractivity contribution in [3.8, 4) is 11.4 Å². The van der Waals surface area contributed by atoms with Crippen LogP contribution in [0.1, 0.15) is 19.3 Å². The number of imidazole rings is 1. The summed E-state index contributed by atoms with van der Waals surface area (Å²) in [5.74, 6) is 2.17. The Morgan fingerprint density at radius 2 is 1.72 bits per heavy atom. The van der Waals surface area contributed by atoms with Crippen LogP contribution in [0.2, 0.25) is 0 Å². The first kappa shape index (κ1) is 11.3. The Kier molecular flexibility index (Phi) is 3.05. The van der Waals surface area contributed by atoms with Crippen molar-refractivity contribution in [2.75, 3.05) is 18.0 Å². The third kappa shape index (κ3) is 2.13. The Morgan fingerprint density at radius 3 is 2.44 bits per heavy atom. The first-order chi connectivity index (χ1) is 8.84. The van der Waals surface area contributed by atoms with Crippen LogP contribution in [0.4, 0.5) is 5.82 Å². The molecule has 2 heterocycles. The van der Waals surface area contributed by atoms with Crippen molar-refractivity contribution in [2.24, 2.45) is 7.05 Å². The van der Waals surface area contributed by atoms with E-state index in [1.54, 1.807) is 0 Å². The topological polar surface area (TPSA) is 21.1 Å². The van der Waals surface area contributed by atoms with Gasteiger partial charge in [-0.15, -0.1) is 0 Å². The molecule has 0 N–H and O–H groups in total. The lowest BCUT2D eigenvalue weighted by Crippen LogP contribution is -2.29. The van der Waals surface area contributed by atoms with Gasteiger partial charge in [0.15, 0.2) is 0 Å². The van der Waals surface area contributed by atoms with Crippen molar-refractivity contribution >= 4 is 5.82 Å². The van der Waals surface area contributed by atoms with Crippen molar-refractivity contribution in [1.82, 2.24) is 9.55 Å². The highest BCUT2D eigenvalue weighted by molar-refractivity contribution is 5.59. The third-order valence-electron chi connectivity index (χ3n) is 3.58. The average Bonchev–Trinajstić information content (AvgIpc) is 2.83. The van der Waals surface area contributed by atoms with Crippen molar-refractivity contribution in [3.05, 3.63) is 36.5 Å². The zero-order chi connectivity index (χ0) is 12.4. The zero-order valence-corrected chi connectivity index (χ0v) is 10.8. The molecule has 0 bridgehead atoms. The van der Waals surface area contributed by atoms with Gasteiger partial charge in [-0.05, 0) is 19.3 Å². The van der Waals surface area contributed by atoms with Gasteiger partial charge in [-0.2, -0.15) is 0 Å². The van der Waals surface area contributed by atoms with Crippen molar-refractivity contribution in [3.63, 3.8) is 0 Å². The molecule has 0 amide bonds. The molecule has 3 nitrogen and oxygen atoms in total. The molecular weight excluding hydrogens is 222 g/mol. The molecule has 0 radical (unpaired) electrons. The van der Waals surface area contributed by atoms with Crippen LogP contribution >= 0.6 is 0 Å². The third-order valence-corrected chi connectivity index (χ3v) is 3.58. The van der Waals surface area contributed by atoms with Crippen LogP contribution in [-0.2, 0) is 7.05 Å². The fourth-order valence-electron chi connectivity index (χ4n) is 2.58. The summed E-state index contributed by atoms with van der Waals surface area (Å²) in [7, 11) is 2.07. The van der Waals surface area contributed by atoms with E-state index in [0.29, 0.717) is 0 Å². The Hall–Kier alpha value is -1.77. The van der Waals surface area contributed by atoms with Crippen molar-refractivity contribution in [2.45, 2.75) is 19.3 Å². The lowest BCUT2D eigenvalue weighted by molar-refractivity contribution is 0.574. The summed E-state index contributed by atoms with van der Waals surface area (Å²) < 4.78 is 2.12. The summed E-state index contributed by atoms with van der Waals surface area (Å²) in [6, 6.07) is 10.4. The molecule has 1 aliphatic rings. The minimum Gasteiger partial charge on any atom is -0.355 e. The fourth-order valence-corrected chi connectivity index (χ4v) is 2.58. The lowest BCUT2D eigenvalue weighted by Gasteiger charge is -2.26. The van der Waals surface area contributed by atoms with E-state index in [2.05, 4.69) is 47.0 Å². The SMILES string of the molecule is Cn1cc(N2CCCCC2)nc1-c1ccccc1. The molecule has 1 aromatic carbocycles. The lowest BCUT2D eigenvalue weighted by atomic mass is 10.1. The summed E-state index contributed by atoms with van der Waals surface area (Å²) in [4.78, 5) is 7.19. The van der Waals surface area contributed by atoms with Gasteiger partial charge in [-0.25, -0.2) is 4.98 Å². The summed E-state index contributed by atoms with van der Waals surface area (Å²) in [6.45, 7) is 2.29. The molecule has 0 unspecified atom stereocenters. The molecule has 18 heavy (non-hydrogen) atoms. The standard InChI is InChI=1S/C15H19N3/c1-17-12-14(18-10-6-3-7-11-18)16-15(17)13-8-4-2-5-9-13/h2,4-5,8-9,12H,3,6-7,10-11H2,1H3. The van der Waals surface area contributed by atoms with Gasteiger partial charge < -0.3 is 9.47 Å². The number of hydrogen-bond acceptors (Lipinski definition) is 2. The first-order valence-electron chi connectivity index (χ1n) is 6.68. The molecule has 3 heteroatoms. The van der Waals surface area contributed by atoms with Crippen LogP contribution in [-0.4, -0.2) is 22.6 Å². The molecule has 0 atom stereocenters. The van der Waals surface area contributed by atoms with E-state index in [9.17, 15) is 0 Å². The van der Waals surface area contributed by atoms with Gasteiger partial charge in [0.1, 0.15) is 11.6 Å². The zero-order valence-electron chi connectivity index (χ0n) is 10.8. The number of benzene rings is 1. The molecular formula is C15H19N3. The van der Waals surface area contributed by atoms with Gasteiger partial charge in [0.2, 0.25) is 0 Å². The smallest absolute Gasteiger partial charge is 0.147 e. The Balaban J connectivity index is 1.91. The highest BCUT2D eigenvalue weighted by atomic mass is 15.2. The van der Waals surface area contributed by atoms with Crippen LogP contribution in [0, 0.1) is 0 Å². The maximum atomic E-state index is 4.79. The maximum Gasteiger partial charge on any atom is 0.147 e. The van der Waals surface area contributed by atoms with Gasteiger partial charge >= 0.3 is 0 Å². The normalized spacial score (nSPS) is 15.9. The van der Waals surface area contributed by atoms with Crippen LogP contribution in [0.15, 0.2) is 36.5 Å².